The van der Waals surface area contributed by atoms with Crippen molar-refractivity contribution in [3.63, 3.8) is 0 Å². The van der Waals surface area contributed by atoms with Gasteiger partial charge in [-0.2, -0.15) is 0 Å². The zero-order valence-electron chi connectivity index (χ0n) is 22.2. The molecule has 0 saturated carbocycles. The number of carbonyl (C=O) groups excluding carboxylic acids is 3. The van der Waals surface area contributed by atoms with Crippen LogP contribution in [0.1, 0.15) is 67.2 Å². The van der Waals surface area contributed by atoms with E-state index in [-0.39, 0.29) is 38.4 Å². The number of carbonyl (C=O) groups is 3. The number of aliphatic hydroxyl groups is 1. The predicted octanol–water partition coefficient (Wildman–Crippen LogP) is 4.74. The van der Waals surface area contributed by atoms with Crippen LogP contribution in [0.5, 0.6) is 0 Å². The van der Waals surface area contributed by atoms with Crippen molar-refractivity contribution in [2.24, 2.45) is 0 Å². The lowest BCUT2D eigenvalue weighted by Crippen LogP contribution is -2.65. The molecule has 1 saturated heterocycles. The van der Waals surface area contributed by atoms with Gasteiger partial charge >= 0.3 is 12.2 Å². The van der Waals surface area contributed by atoms with Crippen LogP contribution in [0.3, 0.4) is 0 Å². The van der Waals surface area contributed by atoms with E-state index in [1.807, 2.05) is 0 Å². The van der Waals surface area contributed by atoms with Crippen LogP contribution in [0.4, 0.5) is 15.3 Å². The molecule has 1 aromatic rings. The molecular formula is C26H40ClN3O6. The molecule has 0 radical (unpaired) electrons. The van der Waals surface area contributed by atoms with Crippen molar-refractivity contribution in [1.82, 2.24) is 10.2 Å². The fourth-order valence-corrected chi connectivity index (χ4v) is 4.02. The summed E-state index contributed by atoms with van der Waals surface area (Å²) in [5.74, 6) is -0.308. The Hall–Kier alpha value is -2.52. The molecule has 0 unspecified atom stereocenters. The van der Waals surface area contributed by atoms with Crippen LogP contribution in [0.25, 0.3) is 0 Å². The summed E-state index contributed by atoms with van der Waals surface area (Å²) >= 11 is 6.06. The maximum absolute atomic E-state index is 14.1. The van der Waals surface area contributed by atoms with Gasteiger partial charge in [0.1, 0.15) is 16.7 Å². The van der Waals surface area contributed by atoms with Gasteiger partial charge in [-0.1, -0.05) is 11.6 Å². The van der Waals surface area contributed by atoms with Gasteiger partial charge in [-0.3, -0.25) is 4.79 Å². The molecule has 9 nitrogen and oxygen atoms in total. The summed E-state index contributed by atoms with van der Waals surface area (Å²) in [7, 11) is 0. The van der Waals surface area contributed by atoms with Gasteiger partial charge in [-0.05, 0) is 91.5 Å². The minimum atomic E-state index is -1.29. The minimum Gasteiger partial charge on any atom is -0.444 e. The highest BCUT2D eigenvalue weighted by molar-refractivity contribution is 6.30. The summed E-state index contributed by atoms with van der Waals surface area (Å²) in [5.41, 5.74) is -2.06. The van der Waals surface area contributed by atoms with Gasteiger partial charge in [-0.15, -0.1) is 0 Å². The van der Waals surface area contributed by atoms with Gasteiger partial charge in [-0.25, -0.2) is 9.59 Å². The maximum atomic E-state index is 14.1. The zero-order chi connectivity index (χ0) is 27.1. The van der Waals surface area contributed by atoms with Crippen molar-refractivity contribution in [2.75, 3.05) is 31.1 Å². The van der Waals surface area contributed by atoms with Gasteiger partial charge in [0.15, 0.2) is 0 Å². The molecule has 2 rings (SSSR count). The number of piperidine rings is 1. The SMILES string of the molecule is CC(C)(C)OC(=O)NC1(C(=O)N(CCCCO)c2ccc(Cl)cc2)CCN(C(=O)OC(C)(C)C)CC1. The third-order valence-electron chi connectivity index (χ3n) is 5.59. The summed E-state index contributed by atoms with van der Waals surface area (Å²) in [6.07, 6.45) is 0.308. The van der Waals surface area contributed by atoms with Crippen molar-refractivity contribution in [1.29, 1.82) is 0 Å². The third kappa shape index (κ3) is 8.85. The summed E-state index contributed by atoms with van der Waals surface area (Å²) in [6.45, 7) is 11.4. The van der Waals surface area contributed by atoms with Crippen molar-refractivity contribution >= 4 is 35.4 Å². The number of nitrogens with one attached hydrogen (secondary N) is 1. The molecule has 0 bridgehead atoms. The monoisotopic (exact) mass is 525 g/mol. The van der Waals surface area contributed by atoms with Crippen LogP contribution in [-0.2, 0) is 14.3 Å². The predicted molar refractivity (Wildman–Crippen MR) is 139 cm³/mol. The number of amides is 3. The Morgan fingerprint density at radius 2 is 1.56 bits per heavy atom. The number of unbranched alkanes of at least 4 members (excludes halogenated alkanes) is 1. The molecule has 1 aliphatic rings. The standard InChI is InChI=1S/C26H40ClN3O6/c1-24(2,3)35-22(33)28-26(13-16-29(17-14-26)23(34)36-25(4,5)6)21(32)30(15-7-8-18-31)20-11-9-19(27)10-12-20/h9-12,31H,7-8,13-18H2,1-6H3,(H,28,33). The largest absolute Gasteiger partial charge is 0.444 e. The summed E-state index contributed by atoms with van der Waals surface area (Å²) in [4.78, 5) is 42.8. The number of rotatable bonds is 7. The van der Waals surface area contributed by atoms with Crippen LogP contribution in [0.15, 0.2) is 24.3 Å². The normalized spacial score (nSPS) is 15.7. The van der Waals surface area contributed by atoms with E-state index >= 15 is 0 Å². The van der Waals surface area contributed by atoms with E-state index in [1.165, 1.54) is 0 Å². The Morgan fingerprint density at radius 3 is 2.06 bits per heavy atom. The molecule has 3 amide bonds. The Bertz CT molecular complexity index is 900. The first-order valence-electron chi connectivity index (χ1n) is 12.3. The minimum absolute atomic E-state index is 0.00873. The Morgan fingerprint density at radius 1 is 1.00 bits per heavy atom. The highest BCUT2D eigenvalue weighted by atomic mass is 35.5. The van der Waals surface area contributed by atoms with Crippen LogP contribution < -0.4 is 10.2 Å². The van der Waals surface area contributed by atoms with E-state index < -0.39 is 28.9 Å². The number of benzene rings is 1. The van der Waals surface area contributed by atoms with Crippen molar-refractivity contribution < 1.29 is 29.0 Å². The molecule has 0 spiro atoms. The molecule has 36 heavy (non-hydrogen) atoms. The quantitative estimate of drug-likeness (QED) is 0.498. The molecule has 0 aromatic heterocycles. The van der Waals surface area contributed by atoms with Crippen LogP contribution in [0, 0.1) is 0 Å². The number of nitrogens with zero attached hydrogens (tertiary/aromatic N) is 2. The molecule has 1 aromatic carbocycles. The van der Waals surface area contributed by atoms with Gasteiger partial charge in [0, 0.05) is 37.0 Å². The Labute approximate surface area is 219 Å². The molecule has 1 aliphatic heterocycles. The summed E-state index contributed by atoms with van der Waals surface area (Å²) in [5, 5.41) is 12.6. The van der Waals surface area contributed by atoms with Gasteiger partial charge in [0.05, 0.1) is 0 Å². The lowest BCUT2D eigenvalue weighted by atomic mass is 9.85. The Kier molecular flexibility index (Phi) is 10.0. The fraction of sp³-hybridized carbons (Fsp3) is 0.654. The van der Waals surface area contributed by atoms with Gasteiger partial charge < -0.3 is 29.7 Å². The number of alkyl carbamates (subject to hydrolysis) is 1. The first-order valence-corrected chi connectivity index (χ1v) is 12.7. The van der Waals surface area contributed by atoms with E-state index in [0.717, 1.165) is 0 Å². The number of halogens is 1. The molecule has 0 atom stereocenters. The van der Waals surface area contributed by atoms with Crippen LogP contribution in [-0.4, -0.2) is 71.1 Å². The maximum Gasteiger partial charge on any atom is 0.410 e. The van der Waals surface area contributed by atoms with Crippen molar-refractivity contribution in [3.8, 4) is 0 Å². The number of hydrogen-bond acceptors (Lipinski definition) is 6. The van der Waals surface area contributed by atoms with Gasteiger partial charge in [0.2, 0.25) is 0 Å². The fourth-order valence-electron chi connectivity index (χ4n) is 3.90. The lowest BCUT2D eigenvalue weighted by molar-refractivity contribution is -0.127. The van der Waals surface area contributed by atoms with E-state index in [2.05, 4.69) is 5.32 Å². The topological polar surface area (TPSA) is 108 Å². The van der Waals surface area contributed by atoms with E-state index in [4.69, 9.17) is 21.1 Å². The molecule has 10 heteroatoms. The highest BCUT2D eigenvalue weighted by Crippen LogP contribution is 2.30. The summed E-state index contributed by atoms with van der Waals surface area (Å²) < 4.78 is 11.0. The number of anilines is 1. The van der Waals surface area contributed by atoms with Gasteiger partial charge in [0.25, 0.3) is 5.91 Å². The van der Waals surface area contributed by atoms with E-state index in [9.17, 15) is 19.5 Å². The third-order valence-corrected chi connectivity index (χ3v) is 5.84. The van der Waals surface area contributed by atoms with E-state index in [0.29, 0.717) is 30.1 Å². The number of hydrogen-bond donors (Lipinski definition) is 2. The first-order chi connectivity index (χ1) is 16.7. The zero-order valence-corrected chi connectivity index (χ0v) is 23.0. The van der Waals surface area contributed by atoms with Crippen LogP contribution in [0.2, 0.25) is 5.02 Å². The smallest absolute Gasteiger partial charge is 0.410 e. The molecule has 2 N–H and O–H groups in total. The number of aliphatic hydroxyl groups excluding tert-OH is 1. The average Bonchev–Trinajstić information content (AvgIpc) is 2.75. The molecule has 1 heterocycles. The second-order valence-electron chi connectivity index (χ2n) is 11.0. The number of ether oxygens (including phenoxy) is 2. The van der Waals surface area contributed by atoms with Crippen molar-refractivity contribution in [2.45, 2.75) is 84.0 Å². The highest BCUT2D eigenvalue weighted by Gasteiger charge is 2.47. The average molecular weight is 526 g/mol. The summed E-state index contributed by atoms with van der Waals surface area (Å²) in [6, 6.07) is 6.89. The molecule has 1 fully saturated rings. The van der Waals surface area contributed by atoms with E-state index in [1.54, 1.807) is 75.6 Å². The number of likely N-dealkylation sites (tertiary alicyclic amines) is 1. The van der Waals surface area contributed by atoms with Crippen LogP contribution >= 0.6 is 11.6 Å². The lowest BCUT2D eigenvalue weighted by Gasteiger charge is -2.43. The first kappa shape index (κ1) is 29.7. The molecular weight excluding hydrogens is 486 g/mol. The molecule has 0 aliphatic carbocycles. The molecule has 202 valence electrons. The second kappa shape index (κ2) is 12.1. The van der Waals surface area contributed by atoms with Crippen molar-refractivity contribution in [3.05, 3.63) is 29.3 Å². The Balaban J connectivity index is 2.35. The second-order valence-corrected chi connectivity index (χ2v) is 11.5.